The highest BCUT2D eigenvalue weighted by molar-refractivity contribution is 8.00. The second-order valence-corrected chi connectivity index (χ2v) is 7.53. The van der Waals surface area contributed by atoms with E-state index in [9.17, 15) is 8.42 Å². The Morgan fingerprint density at radius 3 is 3.05 bits per heavy atom. The third kappa shape index (κ3) is 4.21. The maximum atomic E-state index is 12.2. The minimum Gasteiger partial charge on any atom is -0.384 e. The second kappa shape index (κ2) is 7.09. The van der Waals surface area contributed by atoms with E-state index in [1.807, 2.05) is 0 Å². The van der Waals surface area contributed by atoms with E-state index >= 15 is 0 Å². The molecule has 0 radical (unpaired) electrons. The van der Waals surface area contributed by atoms with Gasteiger partial charge in [0.05, 0.1) is 0 Å². The van der Waals surface area contributed by atoms with E-state index in [2.05, 4.69) is 21.5 Å². The topological polar surface area (TPSA) is 79.3 Å². The summed E-state index contributed by atoms with van der Waals surface area (Å²) in [5.41, 5.74) is 0.470. The average molecular weight is 312 g/mol. The molecule has 0 aromatic carbocycles. The van der Waals surface area contributed by atoms with Gasteiger partial charge in [0.15, 0.2) is 0 Å². The Balaban J connectivity index is 2.08. The lowest BCUT2D eigenvalue weighted by atomic mass is 10.2. The molecule has 1 atom stereocenters. The Hall–Kier alpha value is -1.07. The number of nitrogens with zero attached hydrogens (tertiary/aromatic N) is 1. The summed E-state index contributed by atoms with van der Waals surface area (Å²) in [6.07, 6.45) is 4.96. The number of rotatable bonds is 4. The molecule has 0 bridgehead atoms. The van der Waals surface area contributed by atoms with Crippen molar-refractivity contribution in [1.82, 2.24) is 9.71 Å². The van der Waals surface area contributed by atoms with Gasteiger partial charge in [-0.25, -0.2) is 13.1 Å². The predicted octanol–water partition coefficient (Wildman–Crippen LogP) is 0.599. The molecule has 1 aliphatic heterocycles. The third-order valence-corrected chi connectivity index (χ3v) is 5.65. The average Bonchev–Trinajstić information content (AvgIpc) is 2.97. The van der Waals surface area contributed by atoms with Crippen LogP contribution in [-0.4, -0.2) is 42.7 Å². The molecule has 0 amide bonds. The van der Waals surface area contributed by atoms with Crippen molar-refractivity contribution in [2.45, 2.75) is 23.0 Å². The molecule has 1 aromatic rings. The summed E-state index contributed by atoms with van der Waals surface area (Å²) in [7, 11) is -3.55. The van der Waals surface area contributed by atoms with Crippen LogP contribution in [0, 0.1) is 11.8 Å². The Bertz CT molecular complexity index is 614. The summed E-state index contributed by atoms with van der Waals surface area (Å²) in [5, 5.41) is 8.99. The molecule has 0 saturated carbocycles. The number of aliphatic hydroxyl groups excluding tert-OH is 1. The van der Waals surface area contributed by atoms with Crippen molar-refractivity contribution in [3.05, 3.63) is 24.0 Å². The molecule has 1 saturated heterocycles. The van der Waals surface area contributed by atoms with Crippen molar-refractivity contribution in [3.8, 4) is 11.8 Å². The number of hydrogen-bond acceptors (Lipinski definition) is 5. The first-order valence-corrected chi connectivity index (χ1v) is 8.81. The van der Waals surface area contributed by atoms with Crippen LogP contribution in [0.1, 0.15) is 18.4 Å². The van der Waals surface area contributed by atoms with Crippen LogP contribution in [0.25, 0.3) is 0 Å². The van der Waals surface area contributed by atoms with Crippen LogP contribution in [0.2, 0.25) is 0 Å². The van der Waals surface area contributed by atoms with E-state index in [1.54, 1.807) is 11.8 Å². The molecular formula is C13H16N2O3S2. The van der Waals surface area contributed by atoms with Crippen LogP contribution in [0.15, 0.2) is 23.4 Å². The summed E-state index contributed by atoms with van der Waals surface area (Å²) >= 11 is 1.80. The Morgan fingerprint density at radius 2 is 2.35 bits per heavy atom. The van der Waals surface area contributed by atoms with Crippen molar-refractivity contribution in [2.75, 3.05) is 18.9 Å². The first kappa shape index (κ1) is 15.3. The minimum absolute atomic E-state index is 0.102. The zero-order valence-corrected chi connectivity index (χ0v) is 12.5. The lowest BCUT2D eigenvalue weighted by Crippen LogP contribution is -2.30. The highest BCUT2D eigenvalue weighted by atomic mass is 32.2. The summed E-state index contributed by atoms with van der Waals surface area (Å²) in [4.78, 5) is 3.98. The molecule has 2 N–H and O–H groups in total. The zero-order chi connectivity index (χ0) is 14.4. The summed E-state index contributed by atoms with van der Waals surface area (Å²) < 4.78 is 26.9. The van der Waals surface area contributed by atoms with Crippen LogP contribution in [-0.2, 0) is 10.0 Å². The van der Waals surface area contributed by atoms with Crippen LogP contribution >= 0.6 is 11.8 Å². The fourth-order valence-electron chi connectivity index (χ4n) is 1.87. The number of nitrogens with one attached hydrogen (secondary N) is 1. The molecule has 2 heterocycles. The molecule has 1 aliphatic rings. The van der Waals surface area contributed by atoms with E-state index in [0.29, 0.717) is 17.4 Å². The SMILES string of the molecule is O=S(=O)(NCC1CCCS1)c1cncc(C#CCO)c1. The summed E-state index contributed by atoms with van der Waals surface area (Å²) in [6.45, 7) is 0.174. The molecule has 1 unspecified atom stereocenters. The standard InChI is InChI=1S/C13H16N2O3S2/c16-5-1-3-11-7-13(10-14-8-11)20(17,18)15-9-12-4-2-6-19-12/h7-8,10,12,15-16H,2,4-6,9H2. The lowest BCUT2D eigenvalue weighted by molar-refractivity contribution is 0.350. The van der Waals surface area contributed by atoms with Gasteiger partial charge in [-0.2, -0.15) is 11.8 Å². The predicted molar refractivity (Wildman–Crippen MR) is 78.9 cm³/mol. The van der Waals surface area contributed by atoms with Gasteiger partial charge in [0.25, 0.3) is 0 Å². The maximum Gasteiger partial charge on any atom is 0.242 e. The minimum atomic E-state index is -3.55. The van der Waals surface area contributed by atoms with E-state index in [0.717, 1.165) is 18.6 Å². The molecule has 0 spiro atoms. The monoisotopic (exact) mass is 312 g/mol. The summed E-state index contributed by atoms with van der Waals surface area (Å²) in [5.74, 6) is 6.21. The van der Waals surface area contributed by atoms with Gasteiger partial charge in [0, 0.05) is 29.8 Å². The van der Waals surface area contributed by atoms with Crippen molar-refractivity contribution < 1.29 is 13.5 Å². The van der Waals surface area contributed by atoms with Crippen LogP contribution in [0.3, 0.4) is 0 Å². The number of sulfonamides is 1. The zero-order valence-electron chi connectivity index (χ0n) is 10.9. The third-order valence-electron chi connectivity index (χ3n) is 2.86. The molecule has 20 heavy (non-hydrogen) atoms. The van der Waals surface area contributed by atoms with Crippen LogP contribution in [0.4, 0.5) is 0 Å². The molecule has 7 heteroatoms. The Kier molecular flexibility index (Phi) is 5.43. The van der Waals surface area contributed by atoms with Gasteiger partial charge in [-0.05, 0) is 24.7 Å². The number of aliphatic hydroxyl groups is 1. The Morgan fingerprint density at radius 1 is 1.50 bits per heavy atom. The fourth-order valence-corrected chi connectivity index (χ4v) is 4.24. The van der Waals surface area contributed by atoms with E-state index in [-0.39, 0.29) is 11.5 Å². The second-order valence-electron chi connectivity index (χ2n) is 4.36. The number of hydrogen-bond donors (Lipinski definition) is 2. The van der Waals surface area contributed by atoms with Gasteiger partial charge < -0.3 is 5.11 Å². The molecule has 5 nitrogen and oxygen atoms in total. The fraction of sp³-hybridized carbons (Fsp3) is 0.462. The lowest BCUT2D eigenvalue weighted by Gasteiger charge is -2.10. The first-order valence-electron chi connectivity index (χ1n) is 6.28. The van der Waals surface area contributed by atoms with Crippen molar-refractivity contribution in [2.24, 2.45) is 0 Å². The largest absolute Gasteiger partial charge is 0.384 e. The highest BCUT2D eigenvalue weighted by Crippen LogP contribution is 2.25. The molecule has 108 valence electrons. The number of aromatic nitrogens is 1. The van der Waals surface area contributed by atoms with Gasteiger partial charge in [-0.3, -0.25) is 4.98 Å². The number of pyridine rings is 1. The smallest absolute Gasteiger partial charge is 0.242 e. The number of thioether (sulfide) groups is 1. The van der Waals surface area contributed by atoms with Gasteiger partial charge in [0.2, 0.25) is 10.0 Å². The van der Waals surface area contributed by atoms with Gasteiger partial charge in [-0.15, -0.1) is 0 Å². The molecule has 1 fully saturated rings. The van der Waals surface area contributed by atoms with Crippen molar-refractivity contribution in [1.29, 1.82) is 0 Å². The van der Waals surface area contributed by atoms with Gasteiger partial charge in [-0.1, -0.05) is 11.8 Å². The molecular weight excluding hydrogens is 296 g/mol. The molecule has 0 aliphatic carbocycles. The molecule has 1 aromatic heterocycles. The molecule has 2 rings (SSSR count). The highest BCUT2D eigenvalue weighted by Gasteiger charge is 2.20. The van der Waals surface area contributed by atoms with E-state index in [4.69, 9.17) is 5.11 Å². The van der Waals surface area contributed by atoms with Gasteiger partial charge >= 0.3 is 0 Å². The van der Waals surface area contributed by atoms with Crippen molar-refractivity contribution in [3.63, 3.8) is 0 Å². The Labute approximate surface area is 123 Å². The quantitative estimate of drug-likeness (QED) is 0.796. The van der Waals surface area contributed by atoms with Crippen LogP contribution < -0.4 is 4.72 Å². The maximum absolute atomic E-state index is 12.2. The first-order chi connectivity index (χ1) is 9.62. The van der Waals surface area contributed by atoms with Crippen molar-refractivity contribution >= 4 is 21.8 Å². The van der Waals surface area contributed by atoms with E-state index < -0.39 is 10.0 Å². The normalized spacial score (nSPS) is 18.6. The van der Waals surface area contributed by atoms with Crippen LogP contribution in [0.5, 0.6) is 0 Å². The van der Waals surface area contributed by atoms with Gasteiger partial charge in [0.1, 0.15) is 11.5 Å². The summed E-state index contributed by atoms with van der Waals surface area (Å²) in [6, 6.07) is 1.46. The van der Waals surface area contributed by atoms with E-state index in [1.165, 1.54) is 18.5 Å².